The lowest BCUT2D eigenvalue weighted by Crippen LogP contribution is -2.27. The standard InChI is InChI=1S/C20H24N6O2S/c1-28-17-9-7-16(8-10-17)23-13-18-24-25-20(26(18)21)29-14-19(27)22-12-11-15-5-3-2-4-6-15/h2-10,23H,11-14,21H2,1H3,(H,22,27). The van der Waals surface area contributed by atoms with Crippen molar-refractivity contribution >= 4 is 23.4 Å². The van der Waals surface area contributed by atoms with Gasteiger partial charge in [0.05, 0.1) is 19.4 Å². The Balaban J connectivity index is 1.42. The van der Waals surface area contributed by atoms with E-state index in [4.69, 9.17) is 10.6 Å². The molecule has 1 aromatic heterocycles. The number of carbonyl (C=O) groups excluding carboxylic acids is 1. The third-order valence-corrected chi connectivity index (χ3v) is 5.13. The minimum absolute atomic E-state index is 0.0631. The fourth-order valence-electron chi connectivity index (χ4n) is 2.59. The first-order valence-corrected chi connectivity index (χ1v) is 10.1. The van der Waals surface area contributed by atoms with Gasteiger partial charge in [0.1, 0.15) is 5.75 Å². The van der Waals surface area contributed by atoms with Crippen molar-refractivity contribution in [3.8, 4) is 5.75 Å². The maximum Gasteiger partial charge on any atom is 0.230 e. The zero-order chi connectivity index (χ0) is 20.5. The van der Waals surface area contributed by atoms with Crippen LogP contribution in [-0.2, 0) is 17.8 Å². The van der Waals surface area contributed by atoms with Crippen LogP contribution in [0.1, 0.15) is 11.4 Å². The van der Waals surface area contributed by atoms with Gasteiger partial charge in [0, 0.05) is 12.2 Å². The molecular formula is C20H24N6O2S. The molecule has 1 heterocycles. The molecule has 152 valence electrons. The molecule has 3 aromatic rings. The van der Waals surface area contributed by atoms with E-state index in [1.54, 1.807) is 7.11 Å². The monoisotopic (exact) mass is 412 g/mol. The molecule has 29 heavy (non-hydrogen) atoms. The van der Waals surface area contributed by atoms with E-state index in [0.29, 0.717) is 24.1 Å². The summed E-state index contributed by atoms with van der Waals surface area (Å²) in [5, 5.41) is 14.8. The fourth-order valence-corrected chi connectivity index (χ4v) is 3.29. The van der Waals surface area contributed by atoms with E-state index >= 15 is 0 Å². The summed E-state index contributed by atoms with van der Waals surface area (Å²) in [5.74, 6) is 7.59. The second-order valence-corrected chi connectivity index (χ2v) is 7.17. The molecule has 0 radical (unpaired) electrons. The van der Waals surface area contributed by atoms with Crippen LogP contribution in [0.25, 0.3) is 0 Å². The van der Waals surface area contributed by atoms with Crippen LogP contribution in [-0.4, -0.2) is 40.2 Å². The highest BCUT2D eigenvalue weighted by molar-refractivity contribution is 7.99. The molecule has 4 N–H and O–H groups in total. The third-order valence-electron chi connectivity index (χ3n) is 4.19. The third kappa shape index (κ3) is 6.15. The molecule has 2 aromatic carbocycles. The Morgan fingerprint density at radius 2 is 1.90 bits per heavy atom. The number of nitrogens with one attached hydrogen (secondary N) is 2. The summed E-state index contributed by atoms with van der Waals surface area (Å²) in [6, 6.07) is 17.6. The Morgan fingerprint density at radius 3 is 2.62 bits per heavy atom. The number of hydrogen-bond acceptors (Lipinski definition) is 7. The van der Waals surface area contributed by atoms with Gasteiger partial charge in [-0.15, -0.1) is 10.2 Å². The molecule has 0 saturated heterocycles. The van der Waals surface area contributed by atoms with Gasteiger partial charge in [0.2, 0.25) is 11.1 Å². The lowest BCUT2D eigenvalue weighted by molar-refractivity contribution is -0.118. The van der Waals surface area contributed by atoms with Gasteiger partial charge >= 0.3 is 0 Å². The molecule has 0 atom stereocenters. The van der Waals surface area contributed by atoms with Gasteiger partial charge in [-0.3, -0.25) is 4.79 Å². The van der Waals surface area contributed by atoms with Crippen molar-refractivity contribution in [2.24, 2.45) is 0 Å². The van der Waals surface area contributed by atoms with Crippen LogP contribution in [0, 0.1) is 0 Å². The van der Waals surface area contributed by atoms with Crippen molar-refractivity contribution in [3.63, 3.8) is 0 Å². The highest BCUT2D eigenvalue weighted by atomic mass is 32.2. The smallest absolute Gasteiger partial charge is 0.230 e. The van der Waals surface area contributed by atoms with E-state index < -0.39 is 0 Å². The molecule has 0 spiro atoms. The first-order chi connectivity index (χ1) is 14.2. The molecule has 3 rings (SSSR count). The number of anilines is 1. The number of benzene rings is 2. The van der Waals surface area contributed by atoms with Crippen molar-refractivity contribution in [3.05, 3.63) is 66.0 Å². The Hall–Kier alpha value is -3.20. The maximum atomic E-state index is 12.0. The Kier molecular flexibility index (Phi) is 7.34. The van der Waals surface area contributed by atoms with E-state index in [9.17, 15) is 4.79 Å². The number of nitrogen functional groups attached to an aromatic ring is 1. The number of methoxy groups -OCH3 is 1. The van der Waals surface area contributed by atoms with Gasteiger partial charge in [-0.25, -0.2) is 4.68 Å². The van der Waals surface area contributed by atoms with Crippen molar-refractivity contribution < 1.29 is 9.53 Å². The predicted molar refractivity (Wildman–Crippen MR) is 114 cm³/mol. The molecule has 0 aliphatic heterocycles. The topological polar surface area (TPSA) is 107 Å². The number of ether oxygens (including phenoxy) is 1. The minimum atomic E-state index is -0.0631. The van der Waals surface area contributed by atoms with Crippen LogP contribution in [0.15, 0.2) is 59.8 Å². The molecule has 0 bridgehead atoms. The van der Waals surface area contributed by atoms with Gasteiger partial charge in [-0.2, -0.15) is 0 Å². The van der Waals surface area contributed by atoms with E-state index in [1.165, 1.54) is 22.0 Å². The summed E-state index contributed by atoms with van der Waals surface area (Å²) in [7, 11) is 1.63. The Bertz CT molecular complexity index is 914. The van der Waals surface area contributed by atoms with Crippen molar-refractivity contribution in [1.82, 2.24) is 20.2 Å². The van der Waals surface area contributed by atoms with E-state index in [0.717, 1.165) is 17.9 Å². The number of nitrogens with zero attached hydrogens (tertiary/aromatic N) is 3. The molecule has 0 saturated carbocycles. The van der Waals surface area contributed by atoms with Gasteiger partial charge in [-0.1, -0.05) is 42.1 Å². The predicted octanol–water partition coefficient (Wildman–Crippen LogP) is 2.06. The first-order valence-electron chi connectivity index (χ1n) is 9.16. The molecule has 0 unspecified atom stereocenters. The molecule has 0 fully saturated rings. The first kappa shape index (κ1) is 20.5. The minimum Gasteiger partial charge on any atom is -0.497 e. The van der Waals surface area contributed by atoms with Crippen LogP contribution in [0.4, 0.5) is 5.69 Å². The Morgan fingerprint density at radius 1 is 1.14 bits per heavy atom. The van der Waals surface area contributed by atoms with Crippen molar-refractivity contribution in [2.45, 2.75) is 18.1 Å². The number of carbonyl (C=O) groups is 1. The van der Waals surface area contributed by atoms with E-state index in [-0.39, 0.29) is 11.7 Å². The van der Waals surface area contributed by atoms with Crippen molar-refractivity contribution in [1.29, 1.82) is 0 Å². The lowest BCUT2D eigenvalue weighted by Gasteiger charge is -2.08. The SMILES string of the molecule is COc1ccc(NCc2nnc(SCC(=O)NCCc3ccccc3)n2N)cc1. The second kappa shape index (κ2) is 10.4. The highest BCUT2D eigenvalue weighted by Gasteiger charge is 2.12. The van der Waals surface area contributed by atoms with Crippen LogP contribution in [0.5, 0.6) is 5.75 Å². The number of amides is 1. The lowest BCUT2D eigenvalue weighted by atomic mass is 10.1. The normalized spacial score (nSPS) is 10.5. The number of hydrogen-bond donors (Lipinski definition) is 3. The molecular weight excluding hydrogens is 388 g/mol. The number of aromatic nitrogens is 3. The number of rotatable bonds is 10. The van der Waals surface area contributed by atoms with Gasteiger partial charge in [0.25, 0.3) is 0 Å². The van der Waals surface area contributed by atoms with E-state index in [2.05, 4.69) is 20.8 Å². The summed E-state index contributed by atoms with van der Waals surface area (Å²) >= 11 is 1.26. The van der Waals surface area contributed by atoms with Crippen LogP contribution < -0.4 is 21.2 Å². The van der Waals surface area contributed by atoms with Crippen molar-refractivity contribution in [2.75, 3.05) is 30.6 Å². The zero-order valence-electron chi connectivity index (χ0n) is 16.2. The van der Waals surface area contributed by atoms with E-state index in [1.807, 2.05) is 54.6 Å². The number of nitrogens with two attached hydrogens (primary N) is 1. The zero-order valence-corrected chi connectivity index (χ0v) is 17.0. The average Bonchev–Trinajstić information content (AvgIpc) is 3.11. The van der Waals surface area contributed by atoms with Crippen LogP contribution in [0.2, 0.25) is 0 Å². The molecule has 0 aliphatic carbocycles. The summed E-state index contributed by atoms with van der Waals surface area (Å²) in [6.45, 7) is 1.01. The largest absolute Gasteiger partial charge is 0.497 e. The number of thioether (sulfide) groups is 1. The fraction of sp³-hybridized carbons (Fsp3) is 0.250. The summed E-state index contributed by atoms with van der Waals surface area (Å²) < 4.78 is 6.54. The summed E-state index contributed by atoms with van der Waals surface area (Å²) in [6.07, 6.45) is 0.797. The Labute approximate surface area is 173 Å². The van der Waals surface area contributed by atoms with Crippen LogP contribution in [0.3, 0.4) is 0 Å². The van der Waals surface area contributed by atoms with Crippen LogP contribution >= 0.6 is 11.8 Å². The average molecular weight is 413 g/mol. The van der Waals surface area contributed by atoms with Gasteiger partial charge in [0.15, 0.2) is 5.82 Å². The molecule has 0 aliphatic rings. The highest BCUT2D eigenvalue weighted by Crippen LogP contribution is 2.17. The van der Waals surface area contributed by atoms with Gasteiger partial charge < -0.3 is 21.2 Å². The maximum absolute atomic E-state index is 12.0. The summed E-state index contributed by atoms with van der Waals surface area (Å²) in [5.41, 5.74) is 2.11. The second-order valence-electron chi connectivity index (χ2n) is 6.23. The quantitative estimate of drug-likeness (QED) is 0.346. The summed E-state index contributed by atoms with van der Waals surface area (Å²) in [4.78, 5) is 12.0. The molecule has 1 amide bonds. The molecule has 9 heteroatoms. The molecule has 8 nitrogen and oxygen atoms in total. The van der Waals surface area contributed by atoms with Gasteiger partial charge in [-0.05, 0) is 36.2 Å².